The number of fused-ring (bicyclic) bond motifs is 4. The quantitative estimate of drug-likeness (QED) is 0.104. The summed E-state index contributed by atoms with van der Waals surface area (Å²) in [6.07, 6.45) is 18.9. The largest absolute Gasteiger partial charge is 0.457 e. The predicted octanol–water partition coefficient (Wildman–Crippen LogP) is 11.3. The van der Waals surface area contributed by atoms with E-state index >= 15 is 0 Å². The van der Waals surface area contributed by atoms with Crippen molar-refractivity contribution in [1.82, 2.24) is 53.7 Å². The first-order valence-electron chi connectivity index (χ1n) is 25.2. The highest BCUT2D eigenvalue weighted by Gasteiger charge is 2.21. The second-order valence-corrected chi connectivity index (χ2v) is 19.0. The Bertz CT molecular complexity index is 4100. The van der Waals surface area contributed by atoms with Gasteiger partial charge in [0.15, 0.2) is 11.6 Å². The number of anilines is 4. The van der Waals surface area contributed by atoms with Gasteiger partial charge in [-0.1, -0.05) is 18.7 Å². The van der Waals surface area contributed by atoms with Crippen molar-refractivity contribution in [3.8, 4) is 23.0 Å². The molecule has 0 atom stereocenters. The van der Waals surface area contributed by atoms with Gasteiger partial charge in [0.1, 0.15) is 52.3 Å². The minimum Gasteiger partial charge on any atom is -0.457 e. The maximum atomic E-state index is 13.6. The average molecular weight is 1020 g/mol. The number of aromatic nitrogens is 9. The molecule has 0 spiro atoms. The second kappa shape index (κ2) is 20.4. The lowest BCUT2D eigenvalue weighted by Crippen LogP contribution is -2.33. The lowest BCUT2D eigenvalue weighted by Gasteiger charge is -2.25. The molecule has 2 aliphatic heterocycles. The van der Waals surface area contributed by atoms with Gasteiger partial charge in [-0.15, -0.1) is 0 Å². The van der Waals surface area contributed by atoms with Crippen molar-refractivity contribution in [2.75, 3.05) is 36.8 Å². The van der Waals surface area contributed by atoms with E-state index in [4.69, 9.17) is 19.4 Å². The van der Waals surface area contributed by atoms with Crippen LogP contribution < -0.4 is 20.1 Å². The van der Waals surface area contributed by atoms with Crippen LogP contribution in [0.25, 0.3) is 55.8 Å². The predicted molar refractivity (Wildman–Crippen MR) is 299 cm³/mol. The van der Waals surface area contributed by atoms with Gasteiger partial charge < -0.3 is 38.9 Å². The van der Waals surface area contributed by atoms with Crippen molar-refractivity contribution in [2.24, 2.45) is 7.05 Å². The number of rotatable bonds is 13. The summed E-state index contributed by atoms with van der Waals surface area (Å²) in [5.41, 5.74) is 12.7. The van der Waals surface area contributed by atoms with Crippen LogP contribution in [0.2, 0.25) is 0 Å². The fourth-order valence-corrected chi connectivity index (χ4v) is 9.74. The smallest absolute Gasteiger partial charge is 0.246 e. The topological polar surface area (TPSA) is 183 Å². The fourth-order valence-electron chi connectivity index (χ4n) is 9.74. The van der Waals surface area contributed by atoms with Crippen molar-refractivity contribution in [1.29, 1.82) is 0 Å². The van der Waals surface area contributed by atoms with Crippen molar-refractivity contribution in [2.45, 2.75) is 26.7 Å². The number of pyridine rings is 3. The second-order valence-electron chi connectivity index (χ2n) is 19.0. The van der Waals surface area contributed by atoms with Crippen LogP contribution in [-0.2, 0) is 16.6 Å². The Morgan fingerprint density at radius 1 is 0.636 bits per heavy atom. The number of aryl methyl sites for hydroxylation is 3. The number of nitrogens with one attached hydrogen (secondary N) is 2. The molecule has 2 aliphatic rings. The number of hydrogen-bond donors (Lipinski definition) is 2. The molecule has 0 radical (unpaired) electrons. The van der Waals surface area contributed by atoms with Gasteiger partial charge in [-0.25, -0.2) is 34.9 Å². The Kier molecular flexibility index (Phi) is 12.7. The van der Waals surface area contributed by atoms with Gasteiger partial charge in [-0.2, -0.15) is 0 Å². The van der Waals surface area contributed by atoms with Crippen LogP contribution in [0, 0.1) is 13.8 Å². The van der Waals surface area contributed by atoms with Gasteiger partial charge in [0.2, 0.25) is 11.8 Å². The molecular weight excluding hydrogens is 967 g/mol. The first-order chi connectivity index (χ1) is 37.6. The number of imidazole rings is 1. The molecule has 0 unspecified atom stereocenters. The third kappa shape index (κ3) is 9.92. The van der Waals surface area contributed by atoms with Gasteiger partial charge in [-0.05, 0) is 146 Å². The summed E-state index contributed by atoms with van der Waals surface area (Å²) < 4.78 is 16.6. The number of benzene rings is 3. The summed E-state index contributed by atoms with van der Waals surface area (Å²) >= 11 is 0. The molecule has 17 heteroatoms. The first kappa shape index (κ1) is 47.9. The summed E-state index contributed by atoms with van der Waals surface area (Å²) in [5.74, 6) is 3.88. The molecule has 10 aromatic rings. The van der Waals surface area contributed by atoms with Gasteiger partial charge in [0.25, 0.3) is 0 Å². The molecule has 0 bridgehead atoms. The summed E-state index contributed by atoms with van der Waals surface area (Å²) in [4.78, 5) is 61.7. The maximum Gasteiger partial charge on any atom is 0.246 e. The summed E-state index contributed by atoms with van der Waals surface area (Å²) in [6, 6.07) is 31.5. The van der Waals surface area contributed by atoms with Crippen LogP contribution in [-0.4, -0.2) is 91.6 Å². The van der Waals surface area contributed by atoms with Gasteiger partial charge >= 0.3 is 0 Å². The molecule has 9 heterocycles. The Morgan fingerprint density at radius 2 is 1.23 bits per heavy atom. The number of carbonyl (C=O) groups excluding carboxylic acids is 2. The highest BCUT2D eigenvalue weighted by atomic mass is 16.5. The SMILES string of the molecule is C=CC(=O)N1CC=C(c2ccc3ncnc(Nc4ccc(Oc5ccc6cc(C=CC(=O)N7CC=C(c8ccc9ncnc(Nc%10ccc(Oc%11ccn%12ccnc%12c%11)c(C)c%10)c9n8)CC7)n(C)c6c5)c(C)c4)c3n2)CC1. The van der Waals surface area contributed by atoms with Crippen molar-refractivity contribution >= 4 is 90.7 Å². The van der Waals surface area contributed by atoms with Crippen LogP contribution in [0.1, 0.15) is 41.1 Å². The summed E-state index contributed by atoms with van der Waals surface area (Å²) in [5, 5.41) is 7.91. The zero-order chi connectivity index (χ0) is 52.6. The monoisotopic (exact) mass is 1020 g/mol. The Hall–Kier alpha value is -10.0. The standard InChI is InChI=1S/C60H51N13O4/c1-5-55(74)72-24-18-39(19-25-72)47-11-13-49-57(68-47)59(64-35-62-49)66-42-7-15-52(37(2)30-42)76-45-10-6-41-32-44(70(4)51(41)33-45)9-17-56(75)73-26-20-40(21-27-73)48-12-14-50-58(69-48)60(65-36-63-50)67-43-8-16-53(38(3)31-43)77-46-22-28-71-29-23-61-54(71)34-46/h5-18,20,22-23,28-36H,1,19,21,24-27H2,2-4H3,(H,62,64,66)(H,63,65,67). The molecule has 2 N–H and O–H groups in total. The molecule has 3 aromatic carbocycles. The molecule has 7 aromatic heterocycles. The molecule has 0 saturated carbocycles. The van der Waals surface area contributed by atoms with Crippen LogP contribution in [0.15, 0.2) is 159 Å². The molecular formula is C60H51N13O4. The Morgan fingerprint density at radius 3 is 1.81 bits per heavy atom. The number of ether oxygens (including phenoxy) is 2. The third-order valence-electron chi connectivity index (χ3n) is 14.0. The van der Waals surface area contributed by atoms with Crippen molar-refractivity contribution in [3.05, 3.63) is 187 Å². The van der Waals surface area contributed by atoms with E-state index in [-0.39, 0.29) is 11.8 Å². The molecule has 380 valence electrons. The van der Waals surface area contributed by atoms with Gasteiger partial charge in [-0.3, -0.25) is 9.59 Å². The van der Waals surface area contributed by atoms with Gasteiger partial charge in [0.05, 0.1) is 27.9 Å². The Labute approximate surface area is 442 Å². The van der Waals surface area contributed by atoms with Gasteiger partial charge in [0, 0.05) is 92.5 Å². The minimum atomic E-state index is -0.0757. The van der Waals surface area contributed by atoms with Crippen LogP contribution in [0.3, 0.4) is 0 Å². The average Bonchev–Trinajstić information content (AvgIpc) is 4.06. The third-order valence-corrected chi connectivity index (χ3v) is 14.0. The van der Waals surface area contributed by atoms with Crippen LogP contribution in [0.5, 0.6) is 23.0 Å². The van der Waals surface area contributed by atoms with E-state index in [1.54, 1.807) is 17.2 Å². The molecule has 17 nitrogen and oxygen atoms in total. The maximum absolute atomic E-state index is 13.6. The van der Waals surface area contributed by atoms with Crippen molar-refractivity contribution in [3.63, 3.8) is 0 Å². The lowest BCUT2D eigenvalue weighted by atomic mass is 10.0. The zero-order valence-corrected chi connectivity index (χ0v) is 42.5. The summed E-state index contributed by atoms with van der Waals surface area (Å²) in [6.45, 7) is 9.74. The van der Waals surface area contributed by atoms with E-state index in [1.807, 2.05) is 146 Å². The summed E-state index contributed by atoms with van der Waals surface area (Å²) in [7, 11) is 1.98. The molecule has 12 rings (SSSR count). The number of nitrogens with zero attached hydrogens (tertiary/aromatic N) is 11. The first-order valence-corrected chi connectivity index (χ1v) is 25.2. The van der Waals surface area contributed by atoms with E-state index in [1.165, 1.54) is 18.7 Å². The molecule has 0 saturated heterocycles. The fraction of sp³-hybridized carbons (Fsp3) is 0.150. The lowest BCUT2D eigenvalue weighted by molar-refractivity contribution is -0.126. The highest BCUT2D eigenvalue weighted by Crippen LogP contribution is 2.35. The van der Waals surface area contributed by atoms with Crippen LogP contribution >= 0.6 is 0 Å². The number of amides is 2. The molecule has 77 heavy (non-hydrogen) atoms. The Balaban J connectivity index is 0.677. The molecule has 0 fully saturated rings. The van der Waals surface area contributed by atoms with Crippen molar-refractivity contribution < 1.29 is 19.1 Å². The number of carbonyl (C=O) groups is 2. The number of hydrogen-bond acceptors (Lipinski definition) is 13. The zero-order valence-electron chi connectivity index (χ0n) is 42.5. The van der Waals surface area contributed by atoms with Crippen LogP contribution in [0.4, 0.5) is 23.0 Å². The van der Waals surface area contributed by atoms with E-state index in [0.717, 1.165) is 84.1 Å². The van der Waals surface area contributed by atoms with E-state index in [2.05, 4.69) is 58.8 Å². The van der Waals surface area contributed by atoms with E-state index < -0.39 is 0 Å². The molecule has 2 amide bonds. The van der Waals surface area contributed by atoms with E-state index in [9.17, 15) is 9.59 Å². The highest BCUT2D eigenvalue weighted by molar-refractivity contribution is 5.95. The molecule has 0 aliphatic carbocycles. The normalized spacial score (nSPS) is 13.8. The minimum absolute atomic E-state index is 0.0675. The van der Waals surface area contributed by atoms with E-state index in [0.29, 0.717) is 78.9 Å².